The van der Waals surface area contributed by atoms with E-state index < -0.39 is 0 Å². The number of hydrogen-bond donors (Lipinski definition) is 0. The van der Waals surface area contributed by atoms with Crippen LogP contribution in [0.15, 0.2) is 17.8 Å². The fourth-order valence-corrected chi connectivity index (χ4v) is 3.09. The Hall–Kier alpha value is -1.73. The van der Waals surface area contributed by atoms with Gasteiger partial charge in [-0.15, -0.1) is 11.3 Å². The highest BCUT2D eigenvalue weighted by Crippen LogP contribution is 2.28. The first-order valence-corrected chi connectivity index (χ1v) is 7.87. The van der Waals surface area contributed by atoms with E-state index in [9.17, 15) is 0 Å². The van der Waals surface area contributed by atoms with E-state index in [2.05, 4.69) is 25.2 Å². The van der Waals surface area contributed by atoms with Crippen molar-refractivity contribution in [2.75, 3.05) is 31.2 Å². The maximum Gasteiger partial charge on any atom is 0.218 e. The van der Waals surface area contributed by atoms with Crippen molar-refractivity contribution in [3.05, 3.63) is 28.5 Å². The smallest absolute Gasteiger partial charge is 0.218 e. The summed E-state index contributed by atoms with van der Waals surface area (Å²) in [5.74, 6) is 1.48. The lowest BCUT2D eigenvalue weighted by atomic mass is 10.2. The average molecular weight is 306 g/mol. The summed E-state index contributed by atoms with van der Waals surface area (Å²) < 4.78 is 11.3. The molecule has 6 nitrogen and oxygen atoms in total. The summed E-state index contributed by atoms with van der Waals surface area (Å²) in [7, 11) is 0. The summed E-state index contributed by atoms with van der Waals surface area (Å²) in [4.78, 5) is 15.2. The Balaban J connectivity index is 1.75. The van der Waals surface area contributed by atoms with Crippen LogP contribution in [0.4, 0.5) is 5.82 Å². The molecule has 0 aliphatic carbocycles. The van der Waals surface area contributed by atoms with Crippen LogP contribution in [0.3, 0.4) is 0 Å². The van der Waals surface area contributed by atoms with Crippen LogP contribution in [-0.2, 0) is 4.74 Å². The third-order valence-corrected chi connectivity index (χ3v) is 4.28. The highest BCUT2D eigenvalue weighted by atomic mass is 32.1. The Morgan fingerprint density at radius 1 is 1.48 bits per heavy atom. The van der Waals surface area contributed by atoms with E-state index in [1.807, 2.05) is 19.9 Å². The number of anilines is 1. The third kappa shape index (κ3) is 3.30. The predicted molar refractivity (Wildman–Crippen MR) is 81.0 cm³/mol. The molecule has 1 saturated heterocycles. The Morgan fingerprint density at radius 2 is 2.38 bits per heavy atom. The van der Waals surface area contributed by atoms with Crippen molar-refractivity contribution in [1.82, 2.24) is 15.0 Å². The van der Waals surface area contributed by atoms with Gasteiger partial charge in [0.15, 0.2) is 0 Å². The minimum absolute atomic E-state index is 0.00274. The second kappa shape index (κ2) is 6.36. The SMILES string of the molecule is CCOc1cc(N2CCO[C@@H](c3nc(C)cs3)C2)ncn1. The molecule has 1 fully saturated rings. The molecule has 0 radical (unpaired) electrons. The fourth-order valence-electron chi connectivity index (χ4n) is 2.26. The lowest BCUT2D eigenvalue weighted by Gasteiger charge is -2.32. The summed E-state index contributed by atoms with van der Waals surface area (Å²) in [5, 5.41) is 3.08. The first kappa shape index (κ1) is 14.2. The molecule has 1 atom stereocenters. The third-order valence-electron chi connectivity index (χ3n) is 3.22. The number of ether oxygens (including phenoxy) is 2. The van der Waals surface area contributed by atoms with Crippen LogP contribution in [0.5, 0.6) is 5.88 Å². The number of aryl methyl sites for hydroxylation is 1. The zero-order chi connectivity index (χ0) is 14.7. The number of morpholine rings is 1. The molecule has 0 saturated carbocycles. The first-order valence-electron chi connectivity index (χ1n) is 6.99. The van der Waals surface area contributed by atoms with Crippen molar-refractivity contribution < 1.29 is 9.47 Å². The van der Waals surface area contributed by atoms with Gasteiger partial charge in [-0.3, -0.25) is 0 Å². The molecular weight excluding hydrogens is 288 g/mol. The molecule has 3 rings (SSSR count). The van der Waals surface area contributed by atoms with Gasteiger partial charge in [0.05, 0.1) is 19.8 Å². The maximum absolute atomic E-state index is 5.84. The Kier molecular flexibility index (Phi) is 4.31. The van der Waals surface area contributed by atoms with Crippen molar-refractivity contribution in [2.45, 2.75) is 20.0 Å². The van der Waals surface area contributed by atoms with Gasteiger partial charge in [0.25, 0.3) is 0 Å². The van der Waals surface area contributed by atoms with Crippen LogP contribution in [-0.4, -0.2) is 41.3 Å². The first-order chi connectivity index (χ1) is 10.3. The zero-order valence-electron chi connectivity index (χ0n) is 12.2. The Bertz CT molecular complexity index is 604. The number of hydrogen-bond acceptors (Lipinski definition) is 7. The predicted octanol–water partition coefficient (Wildman–Crippen LogP) is 2.22. The molecule has 0 amide bonds. The van der Waals surface area contributed by atoms with Gasteiger partial charge in [0.1, 0.15) is 23.3 Å². The Labute approximate surface area is 127 Å². The molecule has 0 spiro atoms. The molecule has 1 aliphatic heterocycles. The van der Waals surface area contributed by atoms with Crippen LogP contribution >= 0.6 is 11.3 Å². The summed E-state index contributed by atoms with van der Waals surface area (Å²) in [6, 6.07) is 1.87. The van der Waals surface area contributed by atoms with E-state index in [4.69, 9.17) is 9.47 Å². The van der Waals surface area contributed by atoms with Crippen molar-refractivity contribution >= 4 is 17.2 Å². The number of rotatable bonds is 4. The van der Waals surface area contributed by atoms with Gasteiger partial charge in [-0.2, -0.15) is 0 Å². The van der Waals surface area contributed by atoms with E-state index in [0.29, 0.717) is 19.1 Å². The van der Waals surface area contributed by atoms with Crippen LogP contribution in [0, 0.1) is 6.92 Å². The van der Waals surface area contributed by atoms with Gasteiger partial charge in [-0.1, -0.05) is 0 Å². The van der Waals surface area contributed by atoms with Crippen LogP contribution in [0.1, 0.15) is 23.7 Å². The summed E-state index contributed by atoms with van der Waals surface area (Å²) in [6.45, 7) is 6.76. The number of thiazole rings is 1. The molecule has 0 unspecified atom stereocenters. The monoisotopic (exact) mass is 306 g/mol. The maximum atomic E-state index is 5.84. The zero-order valence-corrected chi connectivity index (χ0v) is 13.0. The lowest BCUT2D eigenvalue weighted by molar-refractivity contribution is 0.0393. The van der Waals surface area contributed by atoms with Crippen LogP contribution < -0.4 is 9.64 Å². The summed E-state index contributed by atoms with van der Waals surface area (Å²) >= 11 is 1.64. The number of nitrogens with zero attached hydrogens (tertiary/aromatic N) is 4. The molecule has 7 heteroatoms. The van der Waals surface area contributed by atoms with Crippen molar-refractivity contribution in [3.8, 4) is 5.88 Å². The minimum atomic E-state index is 0.00274. The molecule has 2 aromatic rings. The van der Waals surface area contributed by atoms with Gasteiger partial charge < -0.3 is 14.4 Å². The second-order valence-electron chi connectivity index (χ2n) is 4.78. The van der Waals surface area contributed by atoms with E-state index >= 15 is 0 Å². The van der Waals surface area contributed by atoms with Gasteiger partial charge in [-0.25, -0.2) is 15.0 Å². The van der Waals surface area contributed by atoms with E-state index in [1.165, 1.54) is 0 Å². The topological polar surface area (TPSA) is 60.4 Å². The molecule has 0 N–H and O–H groups in total. The van der Waals surface area contributed by atoms with Crippen LogP contribution in [0.2, 0.25) is 0 Å². The van der Waals surface area contributed by atoms with Crippen molar-refractivity contribution in [3.63, 3.8) is 0 Å². The molecule has 21 heavy (non-hydrogen) atoms. The number of aromatic nitrogens is 3. The molecule has 1 aliphatic rings. The van der Waals surface area contributed by atoms with Gasteiger partial charge in [0, 0.05) is 23.7 Å². The van der Waals surface area contributed by atoms with Crippen LogP contribution in [0.25, 0.3) is 0 Å². The molecule has 2 aromatic heterocycles. The lowest BCUT2D eigenvalue weighted by Crippen LogP contribution is -2.38. The molecule has 112 valence electrons. The summed E-state index contributed by atoms with van der Waals surface area (Å²) in [6.07, 6.45) is 1.54. The van der Waals surface area contributed by atoms with E-state index in [0.717, 1.165) is 29.6 Å². The molecular formula is C14H18N4O2S. The second-order valence-corrected chi connectivity index (χ2v) is 5.67. The highest BCUT2D eigenvalue weighted by molar-refractivity contribution is 7.09. The average Bonchev–Trinajstić information content (AvgIpc) is 2.95. The quantitative estimate of drug-likeness (QED) is 0.863. The Morgan fingerprint density at radius 3 is 3.14 bits per heavy atom. The van der Waals surface area contributed by atoms with E-state index in [1.54, 1.807) is 17.7 Å². The molecule has 0 bridgehead atoms. The minimum Gasteiger partial charge on any atom is -0.478 e. The fraction of sp³-hybridized carbons (Fsp3) is 0.500. The normalized spacial score (nSPS) is 18.8. The van der Waals surface area contributed by atoms with E-state index in [-0.39, 0.29) is 6.10 Å². The molecule has 0 aromatic carbocycles. The highest BCUT2D eigenvalue weighted by Gasteiger charge is 2.25. The summed E-state index contributed by atoms with van der Waals surface area (Å²) in [5.41, 5.74) is 1.04. The van der Waals surface area contributed by atoms with Gasteiger partial charge in [0.2, 0.25) is 5.88 Å². The largest absolute Gasteiger partial charge is 0.478 e. The van der Waals surface area contributed by atoms with Gasteiger partial charge >= 0.3 is 0 Å². The standard InChI is InChI=1S/C14H18N4O2S/c1-3-19-13-6-12(15-9-16-13)18-4-5-20-11(7-18)14-17-10(2)8-21-14/h6,8-9,11H,3-5,7H2,1-2H3/t11-/m1/s1. The van der Waals surface area contributed by atoms with Crippen molar-refractivity contribution in [1.29, 1.82) is 0 Å². The van der Waals surface area contributed by atoms with Gasteiger partial charge in [-0.05, 0) is 13.8 Å². The van der Waals surface area contributed by atoms with Crippen molar-refractivity contribution in [2.24, 2.45) is 0 Å². The molecule has 3 heterocycles.